The summed E-state index contributed by atoms with van der Waals surface area (Å²) in [6.07, 6.45) is 3.66. The molecule has 3 rings (SSSR count). The van der Waals surface area contributed by atoms with E-state index in [0.29, 0.717) is 12.5 Å². The Balaban J connectivity index is 0.00000385. The summed E-state index contributed by atoms with van der Waals surface area (Å²) in [7, 11) is 5.10. The number of nitrogens with one attached hydrogen (secondary N) is 2. The number of carbonyl (C=O) groups excluding carboxylic acids is 1. The van der Waals surface area contributed by atoms with Crippen LogP contribution in [0.2, 0.25) is 0 Å². The van der Waals surface area contributed by atoms with Crippen LogP contribution >= 0.6 is 24.0 Å². The summed E-state index contributed by atoms with van der Waals surface area (Å²) >= 11 is 0. The molecule has 1 amide bonds. The second kappa shape index (κ2) is 12.8. The number of carbonyl (C=O) groups is 1. The summed E-state index contributed by atoms with van der Waals surface area (Å²) in [6, 6.07) is 17.8. The SMILES string of the molecule is COc1ccc(CN=C(NCC(=O)N(C)C)NC(C)c2cccc(-n3cccn3)c2)cc1.I. The Morgan fingerprint density at radius 1 is 1.18 bits per heavy atom. The molecule has 8 nitrogen and oxygen atoms in total. The van der Waals surface area contributed by atoms with Crippen LogP contribution in [0.3, 0.4) is 0 Å². The number of aliphatic imine (C=N–C) groups is 1. The van der Waals surface area contributed by atoms with Crippen LogP contribution in [0.15, 0.2) is 72.0 Å². The van der Waals surface area contributed by atoms with Crippen molar-refractivity contribution in [3.63, 3.8) is 0 Å². The van der Waals surface area contributed by atoms with E-state index in [0.717, 1.165) is 22.6 Å². The average Bonchev–Trinajstić information content (AvgIpc) is 3.36. The van der Waals surface area contributed by atoms with E-state index in [-0.39, 0.29) is 42.5 Å². The maximum absolute atomic E-state index is 12.1. The zero-order valence-electron chi connectivity index (χ0n) is 19.4. The quantitative estimate of drug-likeness (QED) is 0.250. The maximum Gasteiger partial charge on any atom is 0.241 e. The highest BCUT2D eigenvalue weighted by Crippen LogP contribution is 2.17. The van der Waals surface area contributed by atoms with Gasteiger partial charge in [-0.2, -0.15) is 5.10 Å². The molecule has 0 bridgehead atoms. The predicted molar refractivity (Wildman–Crippen MR) is 141 cm³/mol. The Bertz CT molecular complexity index is 1040. The van der Waals surface area contributed by atoms with Gasteiger partial charge in [0.05, 0.1) is 31.9 Å². The highest BCUT2D eigenvalue weighted by atomic mass is 127. The monoisotopic (exact) mass is 562 g/mol. The van der Waals surface area contributed by atoms with Crippen LogP contribution in [-0.4, -0.2) is 54.3 Å². The van der Waals surface area contributed by atoms with Crippen molar-refractivity contribution in [3.8, 4) is 11.4 Å². The lowest BCUT2D eigenvalue weighted by Gasteiger charge is -2.20. The lowest BCUT2D eigenvalue weighted by molar-refractivity contribution is -0.127. The third-order valence-corrected chi connectivity index (χ3v) is 4.98. The first-order valence-electron chi connectivity index (χ1n) is 10.4. The second-order valence-corrected chi connectivity index (χ2v) is 7.57. The molecule has 0 aliphatic heterocycles. The van der Waals surface area contributed by atoms with Crippen molar-refractivity contribution in [2.75, 3.05) is 27.7 Å². The van der Waals surface area contributed by atoms with E-state index in [4.69, 9.17) is 4.74 Å². The van der Waals surface area contributed by atoms with Crippen molar-refractivity contribution in [3.05, 3.63) is 78.1 Å². The van der Waals surface area contributed by atoms with E-state index in [1.165, 1.54) is 0 Å². The minimum absolute atomic E-state index is 0. The van der Waals surface area contributed by atoms with Gasteiger partial charge in [-0.1, -0.05) is 24.3 Å². The number of guanidine groups is 1. The molecule has 2 N–H and O–H groups in total. The smallest absolute Gasteiger partial charge is 0.241 e. The molecule has 0 radical (unpaired) electrons. The lowest BCUT2D eigenvalue weighted by atomic mass is 10.1. The van der Waals surface area contributed by atoms with Crippen LogP contribution in [0.4, 0.5) is 0 Å². The van der Waals surface area contributed by atoms with Crippen LogP contribution in [-0.2, 0) is 11.3 Å². The van der Waals surface area contributed by atoms with Crippen molar-refractivity contribution < 1.29 is 9.53 Å². The highest BCUT2D eigenvalue weighted by molar-refractivity contribution is 14.0. The van der Waals surface area contributed by atoms with Gasteiger partial charge < -0.3 is 20.3 Å². The van der Waals surface area contributed by atoms with Crippen LogP contribution in [0.5, 0.6) is 5.75 Å². The molecule has 0 aliphatic rings. The van der Waals surface area contributed by atoms with E-state index in [1.54, 1.807) is 32.3 Å². The zero-order valence-corrected chi connectivity index (χ0v) is 21.7. The van der Waals surface area contributed by atoms with Gasteiger partial charge in [0.25, 0.3) is 0 Å². The van der Waals surface area contributed by atoms with Crippen LogP contribution < -0.4 is 15.4 Å². The molecule has 1 heterocycles. The number of ether oxygens (including phenoxy) is 1. The van der Waals surface area contributed by atoms with Gasteiger partial charge in [0.15, 0.2) is 5.96 Å². The van der Waals surface area contributed by atoms with Gasteiger partial charge in [-0.15, -0.1) is 24.0 Å². The molecule has 3 aromatic rings. The predicted octanol–water partition coefficient (Wildman–Crippen LogP) is 3.38. The largest absolute Gasteiger partial charge is 0.497 e. The highest BCUT2D eigenvalue weighted by Gasteiger charge is 2.12. The molecular weight excluding hydrogens is 531 g/mol. The fourth-order valence-electron chi connectivity index (χ4n) is 3.02. The Labute approximate surface area is 212 Å². The van der Waals surface area contributed by atoms with Crippen molar-refractivity contribution >= 4 is 35.8 Å². The van der Waals surface area contributed by atoms with E-state index in [2.05, 4.69) is 39.8 Å². The lowest BCUT2D eigenvalue weighted by Crippen LogP contribution is -2.43. The number of nitrogens with zero attached hydrogens (tertiary/aromatic N) is 4. The van der Waals surface area contributed by atoms with Crippen molar-refractivity contribution in [2.45, 2.75) is 19.5 Å². The second-order valence-electron chi connectivity index (χ2n) is 7.57. The van der Waals surface area contributed by atoms with Crippen molar-refractivity contribution in [1.82, 2.24) is 25.3 Å². The van der Waals surface area contributed by atoms with E-state index >= 15 is 0 Å². The van der Waals surface area contributed by atoms with Crippen LogP contribution in [0.1, 0.15) is 24.1 Å². The first-order valence-corrected chi connectivity index (χ1v) is 10.4. The summed E-state index contributed by atoms with van der Waals surface area (Å²) < 4.78 is 7.03. The molecule has 9 heteroatoms. The summed E-state index contributed by atoms with van der Waals surface area (Å²) in [5.74, 6) is 1.33. The molecular formula is C24H31IN6O2. The van der Waals surface area contributed by atoms with Crippen LogP contribution in [0, 0.1) is 0 Å². The van der Waals surface area contributed by atoms with Gasteiger partial charge in [0, 0.05) is 26.5 Å². The topological polar surface area (TPSA) is 83.8 Å². The number of hydrogen-bond acceptors (Lipinski definition) is 4. The van der Waals surface area contributed by atoms with Gasteiger partial charge >= 0.3 is 0 Å². The molecule has 176 valence electrons. The molecule has 33 heavy (non-hydrogen) atoms. The fraction of sp³-hybridized carbons (Fsp3) is 0.292. The number of likely N-dealkylation sites (N-methyl/N-ethyl adjacent to an activating group) is 1. The van der Waals surface area contributed by atoms with Crippen LogP contribution in [0.25, 0.3) is 5.69 Å². The number of benzene rings is 2. The van der Waals surface area contributed by atoms with Gasteiger partial charge in [-0.25, -0.2) is 9.67 Å². The first-order chi connectivity index (χ1) is 15.5. The molecule has 2 aromatic carbocycles. The summed E-state index contributed by atoms with van der Waals surface area (Å²) in [4.78, 5) is 18.3. The fourth-order valence-corrected chi connectivity index (χ4v) is 3.02. The molecule has 0 saturated carbocycles. The Morgan fingerprint density at radius 2 is 1.94 bits per heavy atom. The van der Waals surface area contributed by atoms with E-state index < -0.39 is 0 Å². The normalized spacial score (nSPS) is 11.8. The average molecular weight is 562 g/mol. The van der Waals surface area contributed by atoms with Gasteiger partial charge in [0.2, 0.25) is 5.91 Å². The third kappa shape index (κ3) is 7.77. The molecule has 0 saturated heterocycles. The number of halogens is 1. The molecule has 0 fully saturated rings. The molecule has 0 aliphatic carbocycles. The number of hydrogen-bond donors (Lipinski definition) is 2. The molecule has 1 aromatic heterocycles. The van der Waals surface area contributed by atoms with Gasteiger partial charge in [-0.05, 0) is 48.4 Å². The van der Waals surface area contributed by atoms with Gasteiger partial charge in [0.1, 0.15) is 5.75 Å². The summed E-state index contributed by atoms with van der Waals surface area (Å²) in [6.45, 7) is 2.68. The van der Waals surface area contributed by atoms with Crippen molar-refractivity contribution in [2.24, 2.45) is 4.99 Å². The Morgan fingerprint density at radius 3 is 2.58 bits per heavy atom. The van der Waals surface area contributed by atoms with Crippen molar-refractivity contribution in [1.29, 1.82) is 0 Å². The summed E-state index contributed by atoms with van der Waals surface area (Å²) in [5, 5.41) is 10.8. The standard InChI is InChI=1S/C24H30N6O2.HI/c1-18(20-7-5-8-21(15-20)30-14-6-13-27-30)28-24(26-17-23(31)29(2)3)25-16-19-9-11-22(32-4)12-10-19;/h5-15,18H,16-17H2,1-4H3,(H2,25,26,28);1H. The van der Waals surface area contributed by atoms with E-state index in [9.17, 15) is 4.79 Å². The minimum Gasteiger partial charge on any atom is -0.497 e. The number of aromatic nitrogens is 2. The third-order valence-electron chi connectivity index (χ3n) is 4.98. The van der Waals surface area contributed by atoms with Gasteiger partial charge in [-0.3, -0.25) is 4.79 Å². The number of methoxy groups -OCH3 is 1. The number of rotatable bonds is 8. The molecule has 1 atom stereocenters. The zero-order chi connectivity index (χ0) is 22.9. The minimum atomic E-state index is -0.0397. The Hall–Kier alpha value is -3.08. The molecule has 1 unspecified atom stereocenters. The Kier molecular flexibility index (Phi) is 10.2. The van der Waals surface area contributed by atoms with E-state index in [1.807, 2.05) is 53.3 Å². The molecule has 0 spiro atoms. The maximum atomic E-state index is 12.1. The first kappa shape index (κ1) is 26.2. The summed E-state index contributed by atoms with van der Waals surface area (Å²) in [5.41, 5.74) is 3.10. The number of amides is 1.